The second kappa shape index (κ2) is 4.27. The highest BCUT2D eigenvalue weighted by molar-refractivity contribution is 5.61. The number of fused-ring (bicyclic) bond motifs is 1. The average molecular weight is 263 g/mol. The van der Waals surface area contributed by atoms with E-state index in [2.05, 4.69) is 20.1 Å². The SMILES string of the molecule is c1cncc(-c2ccnc3nc(-c4ccco4)nn23)c1. The van der Waals surface area contributed by atoms with Gasteiger partial charge in [-0.1, -0.05) is 0 Å². The molecule has 0 bridgehead atoms. The molecule has 4 rings (SSSR count). The van der Waals surface area contributed by atoms with Crippen LogP contribution in [0.4, 0.5) is 0 Å². The second-order valence-electron chi connectivity index (χ2n) is 4.20. The standard InChI is InChI=1S/C14H9N5O/c1-3-10(9-15-6-1)11-5-7-16-14-17-13(18-19(11)14)12-4-2-8-20-12/h1-9H. The molecule has 0 spiro atoms. The average Bonchev–Trinajstić information content (AvgIpc) is 3.16. The molecule has 0 saturated heterocycles. The first-order chi connectivity index (χ1) is 9.92. The van der Waals surface area contributed by atoms with Crippen LogP contribution in [0.25, 0.3) is 28.6 Å². The Balaban J connectivity index is 1.95. The predicted molar refractivity (Wildman–Crippen MR) is 71.7 cm³/mol. The number of furan rings is 1. The first-order valence-electron chi connectivity index (χ1n) is 6.08. The zero-order valence-electron chi connectivity index (χ0n) is 10.3. The Kier molecular flexibility index (Phi) is 2.32. The van der Waals surface area contributed by atoms with Crippen LogP contribution >= 0.6 is 0 Å². The molecule has 0 fully saturated rings. The van der Waals surface area contributed by atoms with Gasteiger partial charge in [0, 0.05) is 24.2 Å². The van der Waals surface area contributed by atoms with Crippen molar-refractivity contribution in [3.05, 3.63) is 55.2 Å². The van der Waals surface area contributed by atoms with E-state index in [-0.39, 0.29) is 0 Å². The molecule has 0 saturated carbocycles. The number of pyridine rings is 1. The summed E-state index contributed by atoms with van der Waals surface area (Å²) in [5, 5.41) is 4.45. The van der Waals surface area contributed by atoms with Gasteiger partial charge in [-0.2, -0.15) is 9.50 Å². The summed E-state index contributed by atoms with van der Waals surface area (Å²) in [4.78, 5) is 12.7. The Morgan fingerprint density at radius 1 is 1.05 bits per heavy atom. The van der Waals surface area contributed by atoms with Gasteiger partial charge in [0.1, 0.15) is 0 Å². The van der Waals surface area contributed by atoms with Crippen LogP contribution in [0.1, 0.15) is 0 Å². The minimum absolute atomic E-state index is 0.513. The normalized spacial score (nSPS) is 11.0. The first-order valence-corrected chi connectivity index (χ1v) is 6.08. The highest BCUT2D eigenvalue weighted by atomic mass is 16.3. The molecule has 4 aromatic rings. The Morgan fingerprint density at radius 3 is 2.85 bits per heavy atom. The molecule has 0 radical (unpaired) electrons. The molecule has 96 valence electrons. The van der Waals surface area contributed by atoms with Crippen molar-refractivity contribution in [2.75, 3.05) is 0 Å². The summed E-state index contributed by atoms with van der Waals surface area (Å²) < 4.78 is 7.01. The lowest BCUT2D eigenvalue weighted by Crippen LogP contribution is -1.96. The highest BCUT2D eigenvalue weighted by Gasteiger charge is 2.12. The van der Waals surface area contributed by atoms with E-state index in [1.165, 1.54) is 0 Å². The summed E-state index contributed by atoms with van der Waals surface area (Å²) in [5.41, 5.74) is 1.84. The summed E-state index contributed by atoms with van der Waals surface area (Å²) in [6, 6.07) is 9.35. The van der Waals surface area contributed by atoms with E-state index in [0.717, 1.165) is 11.3 Å². The van der Waals surface area contributed by atoms with Gasteiger partial charge in [0.25, 0.3) is 5.78 Å². The van der Waals surface area contributed by atoms with E-state index in [9.17, 15) is 0 Å². The molecule has 0 aliphatic rings. The fraction of sp³-hybridized carbons (Fsp3) is 0. The number of hydrogen-bond acceptors (Lipinski definition) is 5. The van der Waals surface area contributed by atoms with Gasteiger partial charge in [-0.3, -0.25) is 4.98 Å². The number of aromatic nitrogens is 5. The molecule has 0 unspecified atom stereocenters. The monoisotopic (exact) mass is 263 g/mol. The van der Waals surface area contributed by atoms with Crippen molar-refractivity contribution in [3.63, 3.8) is 0 Å². The fourth-order valence-electron chi connectivity index (χ4n) is 2.04. The Labute approximate surface area is 113 Å². The van der Waals surface area contributed by atoms with Crippen molar-refractivity contribution in [2.45, 2.75) is 0 Å². The number of hydrogen-bond donors (Lipinski definition) is 0. The fourth-order valence-corrected chi connectivity index (χ4v) is 2.04. The topological polar surface area (TPSA) is 69.1 Å². The van der Waals surface area contributed by atoms with Crippen molar-refractivity contribution in [2.24, 2.45) is 0 Å². The lowest BCUT2D eigenvalue weighted by molar-refractivity contribution is 0.577. The molecule has 0 aliphatic carbocycles. The second-order valence-corrected chi connectivity index (χ2v) is 4.20. The van der Waals surface area contributed by atoms with Gasteiger partial charge in [-0.15, -0.1) is 5.10 Å². The summed E-state index contributed by atoms with van der Waals surface area (Å²) in [7, 11) is 0. The van der Waals surface area contributed by atoms with Gasteiger partial charge in [0.2, 0.25) is 5.82 Å². The van der Waals surface area contributed by atoms with E-state index in [0.29, 0.717) is 17.4 Å². The smallest absolute Gasteiger partial charge is 0.253 e. The quantitative estimate of drug-likeness (QED) is 0.555. The summed E-state index contributed by atoms with van der Waals surface area (Å²) in [6.45, 7) is 0. The third-order valence-corrected chi connectivity index (χ3v) is 2.94. The molecular weight excluding hydrogens is 254 g/mol. The number of rotatable bonds is 2. The van der Waals surface area contributed by atoms with Crippen molar-refractivity contribution in [1.29, 1.82) is 0 Å². The van der Waals surface area contributed by atoms with E-state index < -0.39 is 0 Å². The molecule has 0 N–H and O–H groups in total. The van der Waals surface area contributed by atoms with E-state index in [1.807, 2.05) is 24.3 Å². The van der Waals surface area contributed by atoms with Crippen LogP contribution in [0.15, 0.2) is 59.6 Å². The lowest BCUT2D eigenvalue weighted by Gasteiger charge is -2.01. The zero-order valence-corrected chi connectivity index (χ0v) is 10.3. The van der Waals surface area contributed by atoms with Crippen molar-refractivity contribution >= 4 is 5.78 Å². The molecule has 0 amide bonds. The van der Waals surface area contributed by atoms with Crippen molar-refractivity contribution in [1.82, 2.24) is 24.6 Å². The molecule has 6 heteroatoms. The van der Waals surface area contributed by atoms with Gasteiger partial charge in [-0.05, 0) is 30.3 Å². The van der Waals surface area contributed by atoms with E-state index in [4.69, 9.17) is 4.42 Å². The van der Waals surface area contributed by atoms with Crippen molar-refractivity contribution in [3.8, 4) is 22.8 Å². The third-order valence-electron chi connectivity index (χ3n) is 2.94. The molecular formula is C14H9N5O. The minimum atomic E-state index is 0.513. The Morgan fingerprint density at radius 2 is 2.05 bits per heavy atom. The summed E-state index contributed by atoms with van der Waals surface area (Å²) in [5.74, 6) is 1.66. The van der Waals surface area contributed by atoms with E-state index in [1.54, 1.807) is 35.4 Å². The molecule has 4 aromatic heterocycles. The van der Waals surface area contributed by atoms with Crippen LogP contribution in [0.5, 0.6) is 0 Å². The molecule has 0 atom stereocenters. The first kappa shape index (κ1) is 10.9. The zero-order chi connectivity index (χ0) is 13.4. The van der Waals surface area contributed by atoms with Crippen LogP contribution in [-0.4, -0.2) is 24.6 Å². The van der Waals surface area contributed by atoms with Gasteiger partial charge in [-0.25, -0.2) is 4.98 Å². The van der Waals surface area contributed by atoms with Crippen LogP contribution in [0, 0.1) is 0 Å². The van der Waals surface area contributed by atoms with Gasteiger partial charge >= 0.3 is 0 Å². The van der Waals surface area contributed by atoms with Crippen LogP contribution in [-0.2, 0) is 0 Å². The Bertz CT molecular complexity index is 852. The molecule has 6 nitrogen and oxygen atoms in total. The molecule has 20 heavy (non-hydrogen) atoms. The highest BCUT2D eigenvalue weighted by Crippen LogP contribution is 2.21. The minimum Gasteiger partial charge on any atom is -0.461 e. The van der Waals surface area contributed by atoms with E-state index >= 15 is 0 Å². The maximum atomic E-state index is 5.32. The molecule has 4 heterocycles. The Hall–Kier alpha value is -3.02. The van der Waals surface area contributed by atoms with Gasteiger partial charge in [0.05, 0.1) is 12.0 Å². The van der Waals surface area contributed by atoms with Crippen molar-refractivity contribution < 1.29 is 4.42 Å². The third kappa shape index (κ3) is 1.66. The van der Waals surface area contributed by atoms with Gasteiger partial charge in [0.15, 0.2) is 5.76 Å². The van der Waals surface area contributed by atoms with Crippen LogP contribution in [0.2, 0.25) is 0 Å². The molecule has 0 aromatic carbocycles. The summed E-state index contributed by atoms with van der Waals surface area (Å²) >= 11 is 0. The van der Waals surface area contributed by atoms with Gasteiger partial charge < -0.3 is 4.42 Å². The van der Waals surface area contributed by atoms with Crippen LogP contribution in [0.3, 0.4) is 0 Å². The lowest BCUT2D eigenvalue weighted by atomic mass is 10.2. The largest absolute Gasteiger partial charge is 0.461 e. The van der Waals surface area contributed by atoms with Crippen LogP contribution < -0.4 is 0 Å². The predicted octanol–water partition coefficient (Wildman–Crippen LogP) is 2.45. The molecule has 0 aliphatic heterocycles. The maximum Gasteiger partial charge on any atom is 0.253 e. The number of nitrogens with zero attached hydrogens (tertiary/aromatic N) is 5. The maximum absolute atomic E-state index is 5.32. The summed E-state index contributed by atoms with van der Waals surface area (Å²) in [6.07, 6.45) is 6.81.